The molecule has 0 radical (unpaired) electrons. The SMILES string of the molecule is CCCCCCCCCCCCCCCCCC[N+](C)(C)CC(=O)OC(F)(F)C(F)(F)C(F)(F)C(F)(F)C(F)(F)C(F)(F)C(F)(F)C(F)(F)F. The molecule has 0 unspecified atom stereocenters. The number of hydrogen-bond donors (Lipinski definition) is 0. The number of esters is 1. The summed E-state index contributed by atoms with van der Waals surface area (Å²) in [6.07, 6.45) is 1.30. The number of likely N-dealkylation sites (N-methyl/N-ethyl adjacent to an activating group) is 1. The molecule has 0 saturated carbocycles. The lowest BCUT2D eigenvalue weighted by molar-refractivity contribution is -0.883. The van der Waals surface area contributed by atoms with Crippen LogP contribution in [0.3, 0.4) is 0 Å². The molecule has 0 aromatic heterocycles. The smallest absolute Gasteiger partial charge is 0.392 e. The minimum atomic E-state index is -8.74. The molecule has 20 heteroatoms. The number of unbranched alkanes of at least 4 members (excludes halogenated alkanes) is 15. The maximum Gasteiger partial charge on any atom is 0.473 e. The molecule has 300 valence electrons. The number of carbonyl (C=O) groups is 1. The van der Waals surface area contributed by atoms with Crippen LogP contribution in [0.5, 0.6) is 0 Å². The third-order valence-corrected chi connectivity index (χ3v) is 8.11. The first-order valence-corrected chi connectivity index (χ1v) is 16.2. The summed E-state index contributed by atoms with van der Waals surface area (Å²) in [4.78, 5) is 11.9. The van der Waals surface area contributed by atoms with Gasteiger partial charge in [-0.1, -0.05) is 96.8 Å². The van der Waals surface area contributed by atoms with Crippen molar-refractivity contribution < 1.29 is 88.7 Å². The Labute approximate surface area is 279 Å². The van der Waals surface area contributed by atoms with E-state index in [9.17, 15) is 79.4 Å². The molecule has 0 aliphatic rings. The number of alkyl halides is 17. The highest BCUT2D eigenvalue weighted by molar-refractivity contribution is 5.71. The Hall–Kier alpha value is -1.76. The summed E-state index contributed by atoms with van der Waals surface area (Å²) in [5.74, 6) is -53.4. The largest absolute Gasteiger partial charge is 0.473 e. The highest BCUT2D eigenvalue weighted by Crippen LogP contribution is 2.64. The number of carbonyl (C=O) groups excluding carboxylic acids is 1. The fourth-order valence-corrected chi connectivity index (χ4v) is 4.91. The molecule has 50 heavy (non-hydrogen) atoms. The van der Waals surface area contributed by atoms with E-state index >= 15 is 0 Å². The van der Waals surface area contributed by atoms with Crippen LogP contribution < -0.4 is 0 Å². The van der Waals surface area contributed by atoms with Crippen molar-refractivity contribution in [2.75, 3.05) is 27.2 Å². The van der Waals surface area contributed by atoms with Crippen LogP contribution in [0.15, 0.2) is 0 Å². The molecule has 0 saturated heterocycles. The van der Waals surface area contributed by atoms with E-state index < -0.39 is 64.8 Å². The van der Waals surface area contributed by atoms with Crippen LogP contribution in [-0.4, -0.2) is 85.5 Å². The molecule has 0 fully saturated rings. The van der Waals surface area contributed by atoms with E-state index in [4.69, 9.17) is 0 Å². The normalized spacial score (nSPS) is 14.7. The molecular formula is C30H45F17NO2+. The summed E-state index contributed by atoms with van der Waals surface area (Å²) in [7, 11) is 2.30. The average molecular weight is 775 g/mol. The fraction of sp³-hybridized carbons (Fsp3) is 0.967. The zero-order chi connectivity index (χ0) is 39.5. The fourth-order valence-electron chi connectivity index (χ4n) is 4.91. The zero-order valence-corrected chi connectivity index (χ0v) is 27.9. The third kappa shape index (κ3) is 11.6. The minimum Gasteiger partial charge on any atom is -0.392 e. The summed E-state index contributed by atoms with van der Waals surface area (Å²) in [5, 5.41) is 0. The first kappa shape index (κ1) is 48.2. The van der Waals surface area contributed by atoms with E-state index in [0.717, 1.165) is 52.6 Å². The second kappa shape index (κ2) is 18.3. The number of quaternary nitrogens is 1. The molecule has 0 amide bonds. The topological polar surface area (TPSA) is 26.3 Å². The Bertz CT molecular complexity index is 1010. The first-order chi connectivity index (χ1) is 22.4. The van der Waals surface area contributed by atoms with Crippen LogP contribution in [0.4, 0.5) is 74.6 Å². The van der Waals surface area contributed by atoms with Gasteiger partial charge in [-0.2, -0.15) is 74.6 Å². The molecular weight excluding hydrogens is 729 g/mol. The lowest BCUT2D eigenvalue weighted by Crippen LogP contribution is -2.74. The molecule has 0 rings (SSSR count). The van der Waals surface area contributed by atoms with Gasteiger partial charge in [-0.3, -0.25) is 0 Å². The molecule has 0 heterocycles. The third-order valence-electron chi connectivity index (χ3n) is 8.11. The van der Waals surface area contributed by atoms with Crippen molar-refractivity contribution in [2.45, 2.75) is 157 Å². The van der Waals surface area contributed by atoms with E-state index in [1.54, 1.807) is 0 Å². The van der Waals surface area contributed by atoms with Crippen molar-refractivity contribution in [1.82, 2.24) is 0 Å². The summed E-state index contributed by atoms with van der Waals surface area (Å²) in [6.45, 7) is 0.808. The Kier molecular flexibility index (Phi) is 17.7. The summed E-state index contributed by atoms with van der Waals surface area (Å²) in [6, 6.07) is 0. The quantitative estimate of drug-likeness (QED) is 0.0379. The molecule has 0 aliphatic carbocycles. The van der Waals surface area contributed by atoms with Crippen LogP contribution in [0.1, 0.15) is 110 Å². The number of ether oxygens (including phenoxy) is 1. The van der Waals surface area contributed by atoms with Crippen molar-refractivity contribution in [2.24, 2.45) is 0 Å². The number of rotatable bonds is 26. The van der Waals surface area contributed by atoms with Gasteiger partial charge in [0.15, 0.2) is 6.54 Å². The predicted octanol–water partition coefficient (Wildman–Crippen LogP) is 11.8. The Balaban J connectivity index is 5.04. The van der Waals surface area contributed by atoms with Crippen molar-refractivity contribution in [3.05, 3.63) is 0 Å². The molecule has 3 nitrogen and oxygen atoms in total. The highest BCUT2D eigenvalue weighted by Gasteiger charge is 2.96. The van der Waals surface area contributed by atoms with Gasteiger partial charge in [0.25, 0.3) is 0 Å². The van der Waals surface area contributed by atoms with Crippen molar-refractivity contribution in [1.29, 1.82) is 0 Å². The second-order valence-corrected chi connectivity index (χ2v) is 13.1. The van der Waals surface area contributed by atoms with Gasteiger partial charge in [0, 0.05) is 0 Å². The standard InChI is InChI=1S/C30H45F17NO2/c1-4-5-6-7-8-9-10-11-12-13-14-15-16-17-18-19-20-48(2,3)21-22(49)50-30(46,47)28(41,42)26(37,38)24(33,34)23(31,32)25(35,36)27(39,40)29(43,44)45/h4-21H2,1-3H3/q+1. The Morgan fingerprint density at radius 1 is 0.440 bits per heavy atom. The lowest BCUT2D eigenvalue weighted by Gasteiger charge is -2.42. The average Bonchev–Trinajstić information content (AvgIpc) is 2.95. The summed E-state index contributed by atoms with van der Waals surface area (Å²) in [5.41, 5.74) is 0. The molecule has 0 aliphatic heterocycles. The van der Waals surface area contributed by atoms with Gasteiger partial charge in [-0.15, -0.1) is 0 Å². The van der Waals surface area contributed by atoms with Gasteiger partial charge in [-0.25, -0.2) is 4.79 Å². The van der Waals surface area contributed by atoms with Gasteiger partial charge >= 0.3 is 53.8 Å². The second-order valence-electron chi connectivity index (χ2n) is 13.1. The predicted molar refractivity (Wildman–Crippen MR) is 148 cm³/mol. The maximum atomic E-state index is 14.0. The summed E-state index contributed by atoms with van der Waals surface area (Å²) < 4.78 is 230. The number of hydrogen-bond acceptors (Lipinski definition) is 2. The summed E-state index contributed by atoms with van der Waals surface area (Å²) >= 11 is 0. The van der Waals surface area contributed by atoms with E-state index in [2.05, 4.69) is 11.7 Å². The van der Waals surface area contributed by atoms with E-state index in [1.807, 2.05) is 0 Å². The van der Waals surface area contributed by atoms with Crippen LogP contribution >= 0.6 is 0 Å². The Morgan fingerprint density at radius 3 is 1.04 bits per heavy atom. The molecule has 0 spiro atoms. The van der Waals surface area contributed by atoms with Crippen LogP contribution in [0.25, 0.3) is 0 Å². The van der Waals surface area contributed by atoms with Crippen molar-refractivity contribution in [3.63, 3.8) is 0 Å². The first-order valence-electron chi connectivity index (χ1n) is 16.2. The molecule has 0 bridgehead atoms. The van der Waals surface area contributed by atoms with Crippen LogP contribution in [0, 0.1) is 0 Å². The van der Waals surface area contributed by atoms with E-state index in [0.29, 0.717) is 19.3 Å². The number of nitrogens with zero attached hydrogens (tertiary/aromatic N) is 1. The van der Waals surface area contributed by atoms with Gasteiger partial charge in [-0.05, 0) is 12.8 Å². The van der Waals surface area contributed by atoms with Crippen LogP contribution in [-0.2, 0) is 9.53 Å². The van der Waals surface area contributed by atoms with E-state index in [-0.39, 0.29) is 6.54 Å². The molecule has 0 aromatic carbocycles. The zero-order valence-electron chi connectivity index (χ0n) is 27.9. The van der Waals surface area contributed by atoms with Gasteiger partial charge in [0.1, 0.15) is 0 Å². The molecule has 0 N–H and O–H groups in total. The minimum absolute atomic E-state index is 0.0293. The maximum absolute atomic E-state index is 14.0. The van der Waals surface area contributed by atoms with E-state index in [1.165, 1.54) is 44.9 Å². The lowest BCUT2D eigenvalue weighted by atomic mass is 9.90. The van der Waals surface area contributed by atoms with Crippen LogP contribution in [0.2, 0.25) is 0 Å². The molecule has 0 aromatic rings. The highest BCUT2D eigenvalue weighted by atomic mass is 19.4. The molecule has 0 atom stereocenters. The number of halogens is 17. The Morgan fingerprint density at radius 2 is 0.720 bits per heavy atom. The monoisotopic (exact) mass is 774 g/mol. The van der Waals surface area contributed by atoms with Gasteiger partial charge in [0.2, 0.25) is 0 Å². The van der Waals surface area contributed by atoms with Crippen molar-refractivity contribution in [3.8, 4) is 0 Å². The van der Waals surface area contributed by atoms with Gasteiger partial charge in [0.05, 0.1) is 20.6 Å². The van der Waals surface area contributed by atoms with Gasteiger partial charge < -0.3 is 9.22 Å². The van der Waals surface area contributed by atoms with Crippen molar-refractivity contribution >= 4 is 5.97 Å².